The van der Waals surface area contributed by atoms with Gasteiger partial charge in [0.25, 0.3) is 0 Å². The molecule has 7 heteroatoms. The molecule has 1 N–H and O–H groups in total. The Hall–Kier alpha value is -0.850. The lowest BCUT2D eigenvalue weighted by atomic mass is 9.81. The van der Waals surface area contributed by atoms with E-state index in [-0.39, 0.29) is 11.5 Å². The maximum atomic E-state index is 12.0. The number of ketones is 1. The van der Waals surface area contributed by atoms with Gasteiger partial charge in [-0.05, 0) is 35.8 Å². The number of methoxy groups -OCH3 is 1. The van der Waals surface area contributed by atoms with E-state index in [1.165, 1.54) is 14.0 Å². The van der Waals surface area contributed by atoms with Gasteiger partial charge in [-0.25, -0.2) is 4.79 Å². The molecule has 2 heterocycles. The summed E-state index contributed by atoms with van der Waals surface area (Å²) in [5, 5.41) is 11.1. The zero-order valence-electron chi connectivity index (χ0n) is 10.6. The van der Waals surface area contributed by atoms with Crippen molar-refractivity contribution in [1.82, 2.24) is 4.57 Å². The summed E-state index contributed by atoms with van der Waals surface area (Å²) >= 11 is 9.38. The average molecular weight is 351 g/mol. The number of hydrogen-bond acceptors (Lipinski definition) is 4. The van der Waals surface area contributed by atoms with Gasteiger partial charge in [-0.1, -0.05) is 11.6 Å². The minimum absolute atomic E-state index is 0.268. The van der Waals surface area contributed by atoms with Crippen molar-refractivity contribution in [3.63, 3.8) is 0 Å². The van der Waals surface area contributed by atoms with Crippen LogP contribution >= 0.6 is 27.5 Å². The second-order valence-electron chi connectivity index (χ2n) is 4.63. The summed E-state index contributed by atoms with van der Waals surface area (Å²) < 4.78 is 6.79. The van der Waals surface area contributed by atoms with Gasteiger partial charge < -0.3 is 14.4 Å². The summed E-state index contributed by atoms with van der Waals surface area (Å²) in [5.74, 6) is -2.07. The number of nitrogens with zero attached hydrogens (tertiary/aromatic N) is 1. The molecule has 1 aliphatic heterocycles. The Kier molecular flexibility index (Phi) is 3.53. The Morgan fingerprint density at radius 3 is 2.63 bits per heavy atom. The van der Waals surface area contributed by atoms with Gasteiger partial charge in [0.1, 0.15) is 10.9 Å². The summed E-state index contributed by atoms with van der Waals surface area (Å²) in [5.41, 5.74) is -1.74. The summed E-state index contributed by atoms with van der Waals surface area (Å²) in [4.78, 5) is 23.8. The number of carbonyl (C=O) groups is 2. The fourth-order valence-electron chi connectivity index (χ4n) is 2.84. The largest absolute Gasteiger partial charge is 0.467 e. The van der Waals surface area contributed by atoms with E-state index in [0.717, 1.165) is 0 Å². The number of carbonyl (C=O) groups excluding carboxylic acids is 2. The first-order valence-corrected chi connectivity index (χ1v) is 6.81. The van der Waals surface area contributed by atoms with E-state index < -0.39 is 23.5 Å². The molecule has 3 atom stereocenters. The van der Waals surface area contributed by atoms with Gasteiger partial charge in [-0.15, -0.1) is 0 Å². The number of aliphatic hydroxyl groups is 1. The normalized spacial score (nSPS) is 29.2. The molecule has 0 amide bonds. The molecular weight excluding hydrogens is 337 g/mol. The second kappa shape index (κ2) is 4.61. The van der Waals surface area contributed by atoms with Crippen LogP contribution in [0.1, 0.15) is 25.6 Å². The Morgan fingerprint density at radius 2 is 2.16 bits per heavy atom. The second-order valence-corrected chi connectivity index (χ2v) is 5.84. The fourth-order valence-corrected chi connectivity index (χ4v) is 3.55. The monoisotopic (exact) mass is 349 g/mol. The van der Waals surface area contributed by atoms with Gasteiger partial charge in [-0.3, -0.25) is 4.79 Å². The molecule has 0 bridgehead atoms. The zero-order chi connectivity index (χ0) is 14.5. The molecule has 0 aromatic carbocycles. The van der Waals surface area contributed by atoms with E-state index >= 15 is 0 Å². The van der Waals surface area contributed by atoms with E-state index in [1.807, 2.05) is 0 Å². The maximum Gasteiger partial charge on any atom is 0.345 e. The molecule has 5 nitrogen and oxygen atoms in total. The number of Topliss-reactive ketones (excluding diaryl/α,β-unsaturated/α-hetero) is 1. The Labute approximate surface area is 123 Å². The molecule has 0 saturated heterocycles. The number of halogens is 2. The van der Waals surface area contributed by atoms with Crippen molar-refractivity contribution in [1.29, 1.82) is 0 Å². The highest BCUT2D eigenvalue weighted by Gasteiger charge is 2.59. The van der Waals surface area contributed by atoms with Crippen molar-refractivity contribution in [2.45, 2.75) is 25.5 Å². The SMILES string of the molecule is COC(=O)C1(O)c2cc(Br)c(Cl)n2C(C)C1C(C)=O. The van der Waals surface area contributed by atoms with Crippen LogP contribution in [-0.4, -0.2) is 28.5 Å². The summed E-state index contributed by atoms with van der Waals surface area (Å²) in [7, 11) is 1.17. The third kappa shape index (κ3) is 1.77. The van der Waals surface area contributed by atoms with Crippen LogP contribution in [0.15, 0.2) is 10.5 Å². The molecule has 1 aromatic rings. The van der Waals surface area contributed by atoms with E-state index in [2.05, 4.69) is 20.7 Å². The number of ether oxygens (including phenoxy) is 1. The summed E-state index contributed by atoms with van der Waals surface area (Å²) in [6.45, 7) is 3.07. The first kappa shape index (κ1) is 14.6. The maximum absolute atomic E-state index is 12.0. The van der Waals surface area contributed by atoms with Crippen molar-refractivity contribution in [2.24, 2.45) is 5.92 Å². The van der Waals surface area contributed by atoms with Crippen LogP contribution in [0.4, 0.5) is 0 Å². The van der Waals surface area contributed by atoms with Crippen LogP contribution in [0.2, 0.25) is 5.15 Å². The number of fused-ring (bicyclic) bond motifs is 1. The van der Waals surface area contributed by atoms with Crippen LogP contribution in [0.5, 0.6) is 0 Å². The van der Waals surface area contributed by atoms with Crippen LogP contribution in [-0.2, 0) is 19.9 Å². The predicted octanol–water partition coefficient (Wildman–Crippen LogP) is 2.04. The highest BCUT2D eigenvalue weighted by molar-refractivity contribution is 9.10. The highest BCUT2D eigenvalue weighted by Crippen LogP contribution is 2.50. The third-order valence-electron chi connectivity index (χ3n) is 3.60. The quantitative estimate of drug-likeness (QED) is 0.829. The molecule has 104 valence electrons. The lowest BCUT2D eigenvalue weighted by molar-refractivity contribution is -0.172. The van der Waals surface area contributed by atoms with Crippen LogP contribution in [0.3, 0.4) is 0 Å². The minimum atomic E-state index is -2.00. The number of rotatable bonds is 2. The molecule has 2 rings (SSSR count). The molecule has 0 radical (unpaired) electrons. The van der Waals surface area contributed by atoms with Gasteiger partial charge >= 0.3 is 5.97 Å². The van der Waals surface area contributed by atoms with Crippen LogP contribution in [0.25, 0.3) is 0 Å². The van der Waals surface area contributed by atoms with Crippen molar-refractivity contribution in [3.8, 4) is 0 Å². The third-order valence-corrected chi connectivity index (χ3v) is 4.81. The number of hydrogen-bond donors (Lipinski definition) is 1. The van der Waals surface area contributed by atoms with Crippen LogP contribution in [0, 0.1) is 5.92 Å². The number of esters is 1. The molecular formula is C12H13BrClNO4. The zero-order valence-corrected chi connectivity index (χ0v) is 12.9. The van der Waals surface area contributed by atoms with Gasteiger partial charge in [0.15, 0.2) is 0 Å². The highest BCUT2D eigenvalue weighted by atomic mass is 79.9. The van der Waals surface area contributed by atoms with Gasteiger partial charge in [0.05, 0.1) is 23.2 Å². The lowest BCUT2D eigenvalue weighted by Gasteiger charge is -2.26. The Balaban J connectivity index is 2.72. The predicted molar refractivity (Wildman–Crippen MR) is 71.9 cm³/mol. The average Bonchev–Trinajstić information content (AvgIpc) is 2.75. The van der Waals surface area contributed by atoms with E-state index in [1.54, 1.807) is 17.6 Å². The van der Waals surface area contributed by atoms with Gasteiger partial charge in [-0.2, -0.15) is 0 Å². The standard InChI is InChI=1S/C12H13BrClNO4/c1-5-9(6(2)16)12(18,11(17)19-3)8-4-7(13)10(14)15(5)8/h4-5,9,18H,1-3H3. The molecule has 3 unspecified atom stereocenters. The molecule has 0 aliphatic carbocycles. The van der Waals surface area contributed by atoms with Crippen LogP contribution < -0.4 is 0 Å². The van der Waals surface area contributed by atoms with Gasteiger partial charge in [0.2, 0.25) is 5.60 Å². The Bertz CT molecular complexity index is 570. The summed E-state index contributed by atoms with van der Waals surface area (Å²) in [6.07, 6.45) is 0. The summed E-state index contributed by atoms with van der Waals surface area (Å²) in [6, 6.07) is 1.11. The van der Waals surface area contributed by atoms with Crippen molar-refractivity contribution in [3.05, 3.63) is 21.4 Å². The first-order valence-electron chi connectivity index (χ1n) is 5.64. The Morgan fingerprint density at radius 1 is 1.58 bits per heavy atom. The van der Waals surface area contributed by atoms with Crippen molar-refractivity contribution in [2.75, 3.05) is 7.11 Å². The van der Waals surface area contributed by atoms with Crippen molar-refractivity contribution < 1.29 is 19.4 Å². The molecule has 1 aliphatic rings. The minimum Gasteiger partial charge on any atom is -0.467 e. The first-order chi connectivity index (χ1) is 8.76. The topological polar surface area (TPSA) is 68.5 Å². The number of aromatic nitrogens is 1. The molecule has 0 spiro atoms. The van der Waals surface area contributed by atoms with E-state index in [0.29, 0.717) is 9.63 Å². The molecule has 0 fully saturated rings. The van der Waals surface area contributed by atoms with E-state index in [9.17, 15) is 14.7 Å². The molecule has 0 saturated carbocycles. The molecule has 1 aromatic heterocycles. The fraction of sp³-hybridized carbons (Fsp3) is 0.500. The lowest BCUT2D eigenvalue weighted by Crippen LogP contribution is -2.44. The van der Waals surface area contributed by atoms with Gasteiger partial charge in [0, 0.05) is 6.04 Å². The van der Waals surface area contributed by atoms with E-state index in [4.69, 9.17) is 11.6 Å². The van der Waals surface area contributed by atoms with Crippen molar-refractivity contribution >= 4 is 39.3 Å². The smallest absolute Gasteiger partial charge is 0.345 e. The molecule has 19 heavy (non-hydrogen) atoms.